The van der Waals surface area contributed by atoms with Crippen LogP contribution in [0, 0.1) is 5.92 Å². The third-order valence-corrected chi connectivity index (χ3v) is 4.45. The predicted molar refractivity (Wildman–Crippen MR) is 82.8 cm³/mol. The Morgan fingerprint density at radius 2 is 1.75 bits per heavy atom. The standard InChI is InChI=1S/C19H22O/c1-13(2)15-9-7-14(8-10-15)11-17-12-16-5-3-4-6-18(16)19(17)20/h3-10,13,17,19-20H,11-12H2,1-2H3. The highest BCUT2D eigenvalue weighted by atomic mass is 16.3. The van der Waals surface area contributed by atoms with Crippen molar-refractivity contribution in [3.05, 3.63) is 70.8 Å². The fraction of sp³-hybridized carbons (Fsp3) is 0.368. The molecule has 1 heteroatoms. The van der Waals surface area contributed by atoms with E-state index in [1.54, 1.807) is 0 Å². The van der Waals surface area contributed by atoms with Crippen molar-refractivity contribution in [1.29, 1.82) is 0 Å². The molecule has 1 N–H and O–H groups in total. The van der Waals surface area contributed by atoms with Gasteiger partial charge >= 0.3 is 0 Å². The van der Waals surface area contributed by atoms with Crippen molar-refractivity contribution in [1.82, 2.24) is 0 Å². The molecule has 1 aliphatic rings. The van der Waals surface area contributed by atoms with Gasteiger partial charge in [-0.05, 0) is 46.9 Å². The summed E-state index contributed by atoms with van der Waals surface area (Å²) in [4.78, 5) is 0. The van der Waals surface area contributed by atoms with E-state index in [4.69, 9.17) is 0 Å². The van der Waals surface area contributed by atoms with Crippen LogP contribution in [0.4, 0.5) is 0 Å². The second-order valence-electron chi connectivity index (χ2n) is 6.21. The van der Waals surface area contributed by atoms with E-state index < -0.39 is 0 Å². The SMILES string of the molecule is CC(C)c1ccc(CC2Cc3ccccc3C2O)cc1. The lowest BCUT2D eigenvalue weighted by atomic mass is 9.93. The van der Waals surface area contributed by atoms with E-state index in [1.807, 2.05) is 6.07 Å². The molecule has 0 aromatic heterocycles. The van der Waals surface area contributed by atoms with Gasteiger partial charge in [-0.15, -0.1) is 0 Å². The van der Waals surface area contributed by atoms with E-state index in [1.165, 1.54) is 16.7 Å². The molecule has 2 atom stereocenters. The Labute approximate surface area is 121 Å². The van der Waals surface area contributed by atoms with Crippen LogP contribution in [0.5, 0.6) is 0 Å². The van der Waals surface area contributed by atoms with Crippen molar-refractivity contribution in [2.45, 2.75) is 38.7 Å². The molecule has 1 aliphatic carbocycles. The lowest BCUT2D eigenvalue weighted by Crippen LogP contribution is -2.10. The zero-order valence-electron chi connectivity index (χ0n) is 12.2. The summed E-state index contributed by atoms with van der Waals surface area (Å²) < 4.78 is 0. The maximum atomic E-state index is 10.4. The maximum absolute atomic E-state index is 10.4. The molecule has 3 rings (SSSR count). The van der Waals surface area contributed by atoms with Crippen molar-refractivity contribution >= 4 is 0 Å². The molecule has 2 aromatic carbocycles. The molecule has 0 heterocycles. The third kappa shape index (κ3) is 2.51. The Hall–Kier alpha value is -1.60. The van der Waals surface area contributed by atoms with Crippen molar-refractivity contribution in [3.63, 3.8) is 0 Å². The molecular weight excluding hydrogens is 244 g/mol. The van der Waals surface area contributed by atoms with Crippen LogP contribution in [0.2, 0.25) is 0 Å². The molecule has 1 nitrogen and oxygen atoms in total. The van der Waals surface area contributed by atoms with E-state index in [9.17, 15) is 5.11 Å². The van der Waals surface area contributed by atoms with Crippen LogP contribution < -0.4 is 0 Å². The van der Waals surface area contributed by atoms with E-state index in [2.05, 4.69) is 56.3 Å². The van der Waals surface area contributed by atoms with Gasteiger partial charge in [-0.25, -0.2) is 0 Å². The summed E-state index contributed by atoms with van der Waals surface area (Å²) in [5, 5.41) is 10.4. The van der Waals surface area contributed by atoms with Gasteiger partial charge in [0.2, 0.25) is 0 Å². The number of rotatable bonds is 3. The zero-order chi connectivity index (χ0) is 14.1. The zero-order valence-corrected chi connectivity index (χ0v) is 12.2. The molecule has 0 radical (unpaired) electrons. The summed E-state index contributed by atoms with van der Waals surface area (Å²) in [5.41, 5.74) is 5.13. The molecule has 0 amide bonds. The molecule has 0 saturated carbocycles. The quantitative estimate of drug-likeness (QED) is 0.880. The molecule has 0 spiro atoms. The van der Waals surface area contributed by atoms with Crippen molar-refractivity contribution < 1.29 is 5.11 Å². The van der Waals surface area contributed by atoms with Crippen LogP contribution in [0.3, 0.4) is 0 Å². The van der Waals surface area contributed by atoms with Crippen molar-refractivity contribution in [2.24, 2.45) is 5.92 Å². The monoisotopic (exact) mass is 266 g/mol. The van der Waals surface area contributed by atoms with Crippen LogP contribution in [-0.2, 0) is 12.8 Å². The normalized spacial score (nSPS) is 21.2. The first-order chi connectivity index (χ1) is 9.65. The summed E-state index contributed by atoms with van der Waals surface area (Å²) in [7, 11) is 0. The molecule has 0 saturated heterocycles. The summed E-state index contributed by atoms with van der Waals surface area (Å²) in [6.07, 6.45) is 1.63. The van der Waals surface area contributed by atoms with Gasteiger partial charge in [0, 0.05) is 0 Å². The van der Waals surface area contributed by atoms with Crippen LogP contribution in [0.1, 0.15) is 48.1 Å². The molecular formula is C19H22O. The number of fused-ring (bicyclic) bond motifs is 1. The number of hydrogen-bond acceptors (Lipinski definition) is 1. The summed E-state index contributed by atoms with van der Waals surface area (Å²) in [6.45, 7) is 4.43. The van der Waals surface area contributed by atoms with E-state index in [-0.39, 0.29) is 6.10 Å². The molecule has 0 fully saturated rings. The van der Waals surface area contributed by atoms with Gasteiger partial charge in [0.25, 0.3) is 0 Å². The smallest absolute Gasteiger partial charge is 0.0827 e. The van der Waals surface area contributed by atoms with Gasteiger partial charge in [-0.3, -0.25) is 0 Å². The summed E-state index contributed by atoms with van der Waals surface area (Å²) in [5.74, 6) is 0.891. The minimum absolute atomic E-state index is 0.309. The van der Waals surface area contributed by atoms with Gasteiger partial charge in [0.05, 0.1) is 6.10 Å². The van der Waals surface area contributed by atoms with Gasteiger partial charge in [-0.2, -0.15) is 0 Å². The highest BCUT2D eigenvalue weighted by Gasteiger charge is 2.30. The fourth-order valence-corrected chi connectivity index (χ4v) is 3.18. The Balaban J connectivity index is 1.73. The first-order valence-electron chi connectivity index (χ1n) is 7.50. The lowest BCUT2D eigenvalue weighted by Gasteiger charge is -2.15. The number of hydrogen-bond donors (Lipinski definition) is 1. The number of benzene rings is 2. The van der Waals surface area contributed by atoms with Crippen LogP contribution in [0.15, 0.2) is 48.5 Å². The molecule has 0 bridgehead atoms. The van der Waals surface area contributed by atoms with Crippen molar-refractivity contribution in [3.8, 4) is 0 Å². The number of aliphatic hydroxyl groups is 1. The minimum Gasteiger partial charge on any atom is -0.388 e. The fourth-order valence-electron chi connectivity index (χ4n) is 3.18. The second kappa shape index (κ2) is 5.41. The molecule has 20 heavy (non-hydrogen) atoms. The van der Waals surface area contributed by atoms with Crippen LogP contribution >= 0.6 is 0 Å². The van der Waals surface area contributed by atoms with E-state index in [0.717, 1.165) is 18.4 Å². The third-order valence-electron chi connectivity index (χ3n) is 4.45. The van der Waals surface area contributed by atoms with Gasteiger partial charge in [-0.1, -0.05) is 62.4 Å². The predicted octanol–water partition coefficient (Wildman–Crippen LogP) is 4.26. The molecule has 2 unspecified atom stereocenters. The first kappa shape index (κ1) is 13.4. The Kier molecular flexibility index (Phi) is 3.62. The van der Waals surface area contributed by atoms with Crippen LogP contribution in [0.25, 0.3) is 0 Å². The number of aliphatic hydroxyl groups excluding tert-OH is 1. The van der Waals surface area contributed by atoms with Gasteiger partial charge < -0.3 is 5.11 Å². The lowest BCUT2D eigenvalue weighted by molar-refractivity contribution is 0.123. The summed E-state index contributed by atoms with van der Waals surface area (Å²) >= 11 is 0. The largest absolute Gasteiger partial charge is 0.388 e. The average molecular weight is 266 g/mol. The van der Waals surface area contributed by atoms with Crippen molar-refractivity contribution in [2.75, 3.05) is 0 Å². The van der Waals surface area contributed by atoms with Gasteiger partial charge in [0.1, 0.15) is 0 Å². The first-order valence-corrected chi connectivity index (χ1v) is 7.50. The average Bonchev–Trinajstić information content (AvgIpc) is 2.77. The molecule has 104 valence electrons. The van der Waals surface area contributed by atoms with Crippen LogP contribution in [-0.4, -0.2) is 5.11 Å². The maximum Gasteiger partial charge on any atom is 0.0827 e. The Bertz CT molecular complexity index is 583. The molecule has 0 aliphatic heterocycles. The summed E-state index contributed by atoms with van der Waals surface area (Å²) in [6, 6.07) is 17.1. The Morgan fingerprint density at radius 1 is 1.05 bits per heavy atom. The van der Waals surface area contributed by atoms with E-state index in [0.29, 0.717) is 11.8 Å². The minimum atomic E-state index is -0.309. The molecule has 2 aromatic rings. The topological polar surface area (TPSA) is 20.2 Å². The highest BCUT2D eigenvalue weighted by molar-refractivity contribution is 5.35. The van der Waals surface area contributed by atoms with E-state index >= 15 is 0 Å². The van der Waals surface area contributed by atoms with Gasteiger partial charge in [0.15, 0.2) is 0 Å². The second-order valence-corrected chi connectivity index (χ2v) is 6.21. The Morgan fingerprint density at radius 3 is 2.40 bits per heavy atom. The highest BCUT2D eigenvalue weighted by Crippen LogP contribution is 2.37.